The van der Waals surface area contributed by atoms with Gasteiger partial charge in [0.1, 0.15) is 0 Å². The van der Waals surface area contributed by atoms with Gasteiger partial charge in [-0.2, -0.15) is 5.10 Å². The van der Waals surface area contributed by atoms with E-state index in [0.717, 1.165) is 17.8 Å². The van der Waals surface area contributed by atoms with Crippen molar-refractivity contribution in [2.45, 2.75) is 25.6 Å². The van der Waals surface area contributed by atoms with Crippen LogP contribution >= 0.6 is 11.6 Å². The van der Waals surface area contributed by atoms with Gasteiger partial charge in [0.25, 0.3) is 0 Å². The van der Waals surface area contributed by atoms with Crippen LogP contribution in [0.3, 0.4) is 0 Å². The Morgan fingerprint density at radius 1 is 1.31 bits per heavy atom. The number of nitrogens with zero attached hydrogens (tertiary/aromatic N) is 3. The SMILES string of the molecule is COCC(Cl)CCNc1nnc(C)c(C)n1. The van der Waals surface area contributed by atoms with Gasteiger partial charge in [-0.15, -0.1) is 16.7 Å². The standard InChI is InChI=1S/C10H17ClN4O/c1-7-8(2)14-15-10(13-7)12-5-4-9(11)6-16-3/h9H,4-6H2,1-3H3,(H,12,13,15). The molecule has 1 heterocycles. The minimum absolute atomic E-state index is 0.0111. The van der Waals surface area contributed by atoms with Crippen LogP contribution in [0.15, 0.2) is 0 Å². The number of hydrogen-bond acceptors (Lipinski definition) is 5. The molecule has 0 saturated carbocycles. The van der Waals surface area contributed by atoms with Crippen LogP contribution in [0.4, 0.5) is 5.95 Å². The summed E-state index contributed by atoms with van der Waals surface area (Å²) in [6.45, 7) is 5.05. The van der Waals surface area contributed by atoms with Crippen molar-refractivity contribution in [1.29, 1.82) is 0 Å². The second kappa shape index (κ2) is 6.60. The molecule has 90 valence electrons. The van der Waals surface area contributed by atoms with Gasteiger partial charge in [-0.25, -0.2) is 4.98 Å². The molecule has 16 heavy (non-hydrogen) atoms. The van der Waals surface area contributed by atoms with Gasteiger partial charge >= 0.3 is 0 Å². The van der Waals surface area contributed by atoms with Crippen LogP contribution in [0.25, 0.3) is 0 Å². The first-order valence-corrected chi connectivity index (χ1v) is 5.62. The molecule has 5 nitrogen and oxygen atoms in total. The lowest BCUT2D eigenvalue weighted by atomic mass is 10.3. The Morgan fingerprint density at radius 2 is 2.06 bits per heavy atom. The van der Waals surface area contributed by atoms with E-state index in [0.29, 0.717) is 19.1 Å². The second-order valence-electron chi connectivity index (χ2n) is 3.57. The van der Waals surface area contributed by atoms with Crippen LogP contribution in [0.5, 0.6) is 0 Å². The van der Waals surface area contributed by atoms with E-state index in [4.69, 9.17) is 16.3 Å². The fourth-order valence-corrected chi connectivity index (χ4v) is 1.37. The number of nitrogens with one attached hydrogen (secondary N) is 1. The fourth-order valence-electron chi connectivity index (χ4n) is 1.14. The topological polar surface area (TPSA) is 59.9 Å². The molecule has 6 heteroatoms. The zero-order chi connectivity index (χ0) is 12.0. The predicted molar refractivity (Wildman–Crippen MR) is 63.9 cm³/mol. The molecule has 1 N–H and O–H groups in total. The molecule has 0 saturated heterocycles. The molecule has 0 fully saturated rings. The maximum absolute atomic E-state index is 5.98. The third-order valence-corrected chi connectivity index (χ3v) is 2.52. The van der Waals surface area contributed by atoms with Gasteiger partial charge < -0.3 is 10.1 Å². The Balaban J connectivity index is 2.34. The lowest BCUT2D eigenvalue weighted by Gasteiger charge is -2.09. The van der Waals surface area contributed by atoms with Crippen LogP contribution in [0.1, 0.15) is 17.8 Å². The number of ether oxygens (including phenoxy) is 1. The van der Waals surface area contributed by atoms with Gasteiger partial charge in [0.05, 0.1) is 23.4 Å². The summed E-state index contributed by atoms with van der Waals surface area (Å²) in [5.41, 5.74) is 1.73. The minimum Gasteiger partial charge on any atom is -0.383 e. The van der Waals surface area contributed by atoms with Gasteiger partial charge in [0.2, 0.25) is 5.95 Å². The number of aryl methyl sites for hydroxylation is 2. The van der Waals surface area contributed by atoms with Crippen LogP contribution in [0, 0.1) is 13.8 Å². The van der Waals surface area contributed by atoms with Gasteiger partial charge in [-0.3, -0.25) is 0 Å². The summed E-state index contributed by atoms with van der Waals surface area (Å²) in [7, 11) is 1.64. The van der Waals surface area contributed by atoms with E-state index in [-0.39, 0.29) is 5.38 Å². The number of anilines is 1. The Morgan fingerprint density at radius 3 is 2.69 bits per heavy atom. The molecule has 1 rings (SSSR count). The van der Waals surface area contributed by atoms with Gasteiger partial charge in [0.15, 0.2) is 0 Å². The fraction of sp³-hybridized carbons (Fsp3) is 0.700. The summed E-state index contributed by atoms with van der Waals surface area (Å²) in [5, 5.41) is 11.0. The van der Waals surface area contributed by atoms with Crippen molar-refractivity contribution in [3.8, 4) is 0 Å². The zero-order valence-electron chi connectivity index (χ0n) is 9.83. The number of aromatic nitrogens is 3. The van der Waals surface area contributed by atoms with Crippen molar-refractivity contribution < 1.29 is 4.74 Å². The van der Waals surface area contributed by atoms with Crippen molar-refractivity contribution in [2.24, 2.45) is 0 Å². The normalized spacial score (nSPS) is 12.5. The van der Waals surface area contributed by atoms with Crippen LogP contribution < -0.4 is 5.32 Å². The molecule has 0 amide bonds. The average Bonchev–Trinajstić information content (AvgIpc) is 2.24. The maximum Gasteiger partial charge on any atom is 0.242 e. The number of hydrogen-bond donors (Lipinski definition) is 1. The molecule has 1 unspecified atom stereocenters. The van der Waals surface area contributed by atoms with E-state index in [1.807, 2.05) is 13.8 Å². The second-order valence-corrected chi connectivity index (χ2v) is 4.19. The van der Waals surface area contributed by atoms with Crippen molar-refractivity contribution >= 4 is 17.5 Å². The Labute approximate surface area is 101 Å². The molecule has 0 spiro atoms. The van der Waals surface area contributed by atoms with E-state index in [2.05, 4.69) is 20.5 Å². The summed E-state index contributed by atoms with van der Waals surface area (Å²) in [6, 6.07) is 0. The highest BCUT2D eigenvalue weighted by Crippen LogP contribution is 2.05. The first kappa shape index (κ1) is 13.1. The monoisotopic (exact) mass is 244 g/mol. The van der Waals surface area contributed by atoms with E-state index in [9.17, 15) is 0 Å². The molecule has 1 atom stereocenters. The molecule has 1 aromatic heterocycles. The largest absolute Gasteiger partial charge is 0.383 e. The summed E-state index contributed by atoms with van der Waals surface area (Å²) in [4.78, 5) is 4.26. The van der Waals surface area contributed by atoms with E-state index >= 15 is 0 Å². The van der Waals surface area contributed by atoms with Crippen LogP contribution in [0.2, 0.25) is 0 Å². The van der Waals surface area contributed by atoms with E-state index in [1.165, 1.54) is 0 Å². The molecule has 0 radical (unpaired) electrons. The Hall–Kier alpha value is -0.940. The first-order valence-electron chi connectivity index (χ1n) is 5.18. The van der Waals surface area contributed by atoms with Crippen molar-refractivity contribution in [3.63, 3.8) is 0 Å². The highest BCUT2D eigenvalue weighted by molar-refractivity contribution is 6.20. The Kier molecular flexibility index (Phi) is 5.42. The van der Waals surface area contributed by atoms with Crippen LogP contribution in [-0.2, 0) is 4.74 Å². The molecular weight excluding hydrogens is 228 g/mol. The number of alkyl halides is 1. The maximum atomic E-state index is 5.98. The molecule has 1 aromatic rings. The third-order valence-electron chi connectivity index (χ3n) is 2.18. The summed E-state index contributed by atoms with van der Waals surface area (Å²) >= 11 is 5.98. The van der Waals surface area contributed by atoms with Crippen LogP contribution in [-0.4, -0.2) is 40.8 Å². The zero-order valence-corrected chi connectivity index (χ0v) is 10.6. The van der Waals surface area contributed by atoms with Gasteiger partial charge in [-0.05, 0) is 20.3 Å². The van der Waals surface area contributed by atoms with Gasteiger partial charge in [0, 0.05) is 13.7 Å². The van der Waals surface area contributed by atoms with E-state index in [1.54, 1.807) is 7.11 Å². The smallest absolute Gasteiger partial charge is 0.242 e. The molecule has 0 aliphatic rings. The molecular formula is C10H17ClN4O. The Bertz CT molecular complexity index is 335. The number of halogens is 1. The highest BCUT2D eigenvalue weighted by atomic mass is 35.5. The van der Waals surface area contributed by atoms with Crippen molar-refractivity contribution in [3.05, 3.63) is 11.4 Å². The average molecular weight is 245 g/mol. The van der Waals surface area contributed by atoms with Crippen molar-refractivity contribution in [2.75, 3.05) is 25.6 Å². The molecule has 0 aromatic carbocycles. The predicted octanol–water partition coefficient (Wildman–Crippen LogP) is 1.54. The lowest BCUT2D eigenvalue weighted by Crippen LogP contribution is -2.15. The molecule has 0 bridgehead atoms. The van der Waals surface area contributed by atoms with Gasteiger partial charge in [-0.1, -0.05) is 0 Å². The van der Waals surface area contributed by atoms with E-state index < -0.39 is 0 Å². The quantitative estimate of drug-likeness (QED) is 0.770. The van der Waals surface area contributed by atoms with Crippen molar-refractivity contribution in [1.82, 2.24) is 15.2 Å². The first-order chi connectivity index (χ1) is 7.63. The summed E-state index contributed by atoms with van der Waals surface area (Å²) in [6.07, 6.45) is 0.797. The lowest BCUT2D eigenvalue weighted by molar-refractivity contribution is 0.196. The third kappa shape index (κ3) is 4.28. The summed E-state index contributed by atoms with van der Waals surface area (Å²) in [5.74, 6) is 0.546. The number of rotatable bonds is 6. The molecule has 0 aliphatic heterocycles. The molecule has 0 aliphatic carbocycles. The minimum atomic E-state index is 0.0111. The number of methoxy groups -OCH3 is 1. The summed E-state index contributed by atoms with van der Waals surface area (Å²) < 4.78 is 4.94. The highest BCUT2D eigenvalue weighted by Gasteiger charge is 2.05.